The fraction of sp³-hybridized carbons (Fsp3) is 0.900. The highest BCUT2D eigenvalue weighted by Crippen LogP contribution is 2.33. The van der Waals surface area contributed by atoms with Crippen LogP contribution in [0, 0.1) is 11.3 Å². The molecule has 3 heteroatoms. The summed E-state index contributed by atoms with van der Waals surface area (Å²) in [6, 6.07) is 2.36. The first-order chi connectivity index (χ1) is 6.37. The van der Waals surface area contributed by atoms with Crippen LogP contribution < -0.4 is 5.32 Å². The van der Waals surface area contributed by atoms with Gasteiger partial charge in [-0.15, -0.1) is 0 Å². The summed E-state index contributed by atoms with van der Waals surface area (Å²) in [7, 11) is 0. The molecule has 72 valence electrons. The molecule has 2 rings (SSSR count). The van der Waals surface area contributed by atoms with Gasteiger partial charge in [-0.1, -0.05) is 0 Å². The Bertz CT molecular complexity index is 209. The van der Waals surface area contributed by atoms with E-state index in [9.17, 15) is 0 Å². The molecule has 0 aromatic heterocycles. The fourth-order valence-corrected chi connectivity index (χ4v) is 2.43. The summed E-state index contributed by atoms with van der Waals surface area (Å²) in [5, 5.41) is 12.2. The summed E-state index contributed by atoms with van der Waals surface area (Å²) in [5.74, 6) is 0. The predicted octanol–water partition coefficient (Wildman–Crippen LogP) is 0.728. The zero-order valence-corrected chi connectivity index (χ0v) is 8.05. The standard InChI is InChI=1S/C10H17N3/c11-5-2-10(13-8-1-9-13)3-6-12-7-4-10/h12H,1-4,6-9H2. The smallest absolute Gasteiger partial charge is 0.0641 e. The molecule has 2 heterocycles. The van der Waals surface area contributed by atoms with E-state index in [1.165, 1.54) is 19.5 Å². The molecule has 1 N–H and O–H groups in total. The van der Waals surface area contributed by atoms with Gasteiger partial charge >= 0.3 is 0 Å². The highest BCUT2D eigenvalue weighted by molar-refractivity contribution is 5.02. The van der Waals surface area contributed by atoms with Crippen molar-refractivity contribution in [3.8, 4) is 6.07 Å². The van der Waals surface area contributed by atoms with E-state index < -0.39 is 0 Å². The van der Waals surface area contributed by atoms with Crippen LogP contribution in [0.25, 0.3) is 0 Å². The van der Waals surface area contributed by atoms with E-state index in [4.69, 9.17) is 5.26 Å². The maximum Gasteiger partial charge on any atom is 0.0641 e. The van der Waals surface area contributed by atoms with Gasteiger partial charge in [0.25, 0.3) is 0 Å². The van der Waals surface area contributed by atoms with E-state index in [1.54, 1.807) is 0 Å². The number of piperidine rings is 1. The summed E-state index contributed by atoms with van der Waals surface area (Å²) < 4.78 is 0. The number of nitrogens with zero attached hydrogens (tertiary/aromatic N) is 2. The Morgan fingerprint density at radius 3 is 2.46 bits per heavy atom. The van der Waals surface area contributed by atoms with Gasteiger partial charge in [-0.05, 0) is 45.4 Å². The molecule has 2 aliphatic heterocycles. The highest BCUT2D eigenvalue weighted by atomic mass is 15.2. The van der Waals surface area contributed by atoms with Crippen LogP contribution in [0.3, 0.4) is 0 Å². The van der Waals surface area contributed by atoms with Crippen LogP contribution in [-0.4, -0.2) is 36.6 Å². The minimum Gasteiger partial charge on any atom is -0.317 e. The number of rotatable bonds is 2. The van der Waals surface area contributed by atoms with Gasteiger partial charge < -0.3 is 5.32 Å². The Balaban J connectivity index is 2.04. The van der Waals surface area contributed by atoms with Crippen LogP contribution in [0.15, 0.2) is 0 Å². The van der Waals surface area contributed by atoms with Gasteiger partial charge in [0.1, 0.15) is 0 Å². The SMILES string of the molecule is N#CCC1(N2CCC2)CCNCC1. The van der Waals surface area contributed by atoms with E-state index in [0.29, 0.717) is 6.42 Å². The van der Waals surface area contributed by atoms with Gasteiger partial charge in [-0.2, -0.15) is 5.26 Å². The molecule has 2 saturated heterocycles. The lowest BCUT2D eigenvalue weighted by Crippen LogP contribution is -2.59. The molecule has 0 saturated carbocycles. The lowest BCUT2D eigenvalue weighted by molar-refractivity contribution is 0.00910. The molecule has 0 aliphatic carbocycles. The number of nitrogens with one attached hydrogen (secondary N) is 1. The number of hydrogen-bond donors (Lipinski definition) is 1. The third-order valence-electron chi connectivity index (χ3n) is 3.47. The van der Waals surface area contributed by atoms with Crippen molar-refractivity contribution in [3.05, 3.63) is 0 Å². The summed E-state index contributed by atoms with van der Waals surface area (Å²) >= 11 is 0. The predicted molar refractivity (Wildman–Crippen MR) is 51.3 cm³/mol. The minimum atomic E-state index is 0.234. The van der Waals surface area contributed by atoms with E-state index in [2.05, 4.69) is 16.3 Å². The van der Waals surface area contributed by atoms with E-state index in [1.807, 2.05) is 0 Å². The molecule has 0 bridgehead atoms. The maximum absolute atomic E-state index is 8.86. The summed E-state index contributed by atoms with van der Waals surface area (Å²) in [5.41, 5.74) is 0.234. The molecule has 3 nitrogen and oxygen atoms in total. The largest absolute Gasteiger partial charge is 0.317 e. The summed E-state index contributed by atoms with van der Waals surface area (Å²) in [6.07, 6.45) is 4.34. The molecule has 0 radical (unpaired) electrons. The molecule has 13 heavy (non-hydrogen) atoms. The molecule has 0 spiro atoms. The lowest BCUT2D eigenvalue weighted by Gasteiger charge is -2.50. The molecule has 0 aromatic carbocycles. The van der Waals surface area contributed by atoms with Crippen molar-refractivity contribution >= 4 is 0 Å². The van der Waals surface area contributed by atoms with Crippen LogP contribution in [0.1, 0.15) is 25.7 Å². The lowest BCUT2D eigenvalue weighted by atomic mass is 9.82. The minimum absolute atomic E-state index is 0.234. The van der Waals surface area contributed by atoms with Crippen molar-refractivity contribution in [2.24, 2.45) is 0 Å². The quantitative estimate of drug-likeness (QED) is 0.679. The molecule has 2 aliphatic rings. The van der Waals surface area contributed by atoms with Crippen LogP contribution >= 0.6 is 0 Å². The highest BCUT2D eigenvalue weighted by Gasteiger charge is 2.40. The van der Waals surface area contributed by atoms with Crippen molar-refractivity contribution in [1.29, 1.82) is 5.26 Å². The van der Waals surface area contributed by atoms with Crippen molar-refractivity contribution < 1.29 is 0 Å². The molecule has 0 amide bonds. The molecule has 0 atom stereocenters. The van der Waals surface area contributed by atoms with Gasteiger partial charge in [0.05, 0.1) is 12.5 Å². The molecule has 2 fully saturated rings. The van der Waals surface area contributed by atoms with Crippen molar-refractivity contribution in [2.45, 2.75) is 31.2 Å². The number of nitriles is 1. The first-order valence-electron chi connectivity index (χ1n) is 5.20. The topological polar surface area (TPSA) is 39.1 Å². The first-order valence-corrected chi connectivity index (χ1v) is 5.20. The van der Waals surface area contributed by atoms with Crippen LogP contribution in [0.5, 0.6) is 0 Å². The zero-order valence-electron chi connectivity index (χ0n) is 8.05. The third-order valence-corrected chi connectivity index (χ3v) is 3.47. The summed E-state index contributed by atoms with van der Waals surface area (Å²) in [6.45, 7) is 4.58. The van der Waals surface area contributed by atoms with Crippen LogP contribution in [0.2, 0.25) is 0 Å². The number of likely N-dealkylation sites (tertiary alicyclic amines) is 1. The Morgan fingerprint density at radius 1 is 1.31 bits per heavy atom. The van der Waals surface area contributed by atoms with Crippen molar-refractivity contribution in [1.82, 2.24) is 10.2 Å². The average Bonchev–Trinajstić information content (AvgIpc) is 2.02. The molecule has 0 aromatic rings. The number of hydrogen-bond acceptors (Lipinski definition) is 3. The van der Waals surface area contributed by atoms with Gasteiger partial charge in [0.15, 0.2) is 0 Å². The average molecular weight is 179 g/mol. The van der Waals surface area contributed by atoms with Crippen molar-refractivity contribution in [3.63, 3.8) is 0 Å². The second-order valence-electron chi connectivity index (χ2n) is 4.15. The normalized spacial score (nSPS) is 27.6. The molecule has 0 unspecified atom stereocenters. The van der Waals surface area contributed by atoms with Gasteiger partial charge in [0.2, 0.25) is 0 Å². The second-order valence-corrected chi connectivity index (χ2v) is 4.15. The van der Waals surface area contributed by atoms with Crippen LogP contribution in [-0.2, 0) is 0 Å². The van der Waals surface area contributed by atoms with Gasteiger partial charge in [0, 0.05) is 5.54 Å². The Labute approximate surface area is 79.7 Å². The maximum atomic E-state index is 8.86. The Kier molecular flexibility index (Phi) is 2.52. The molecular weight excluding hydrogens is 162 g/mol. The first kappa shape index (κ1) is 8.98. The monoisotopic (exact) mass is 179 g/mol. The van der Waals surface area contributed by atoms with E-state index >= 15 is 0 Å². The van der Waals surface area contributed by atoms with Crippen molar-refractivity contribution in [2.75, 3.05) is 26.2 Å². The van der Waals surface area contributed by atoms with Crippen LogP contribution in [0.4, 0.5) is 0 Å². The van der Waals surface area contributed by atoms with Gasteiger partial charge in [-0.25, -0.2) is 0 Å². The Morgan fingerprint density at radius 2 is 2.00 bits per heavy atom. The summed E-state index contributed by atoms with van der Waals surface area (Å²) in [4.78, 5) is 2.51. The fourth-order valence-electron chi connectivity index (χ4n) is 2.43. The van der Waals surface area contributed by atoms with Gasteiger partial charge in [-0.3, -0.25) is 4.90 Å². The zero-order chi connectivity index (χ0) is 9.15. The second kappa shape index (κ2) is 3.65. The van der Waals surface area contributed by atoms with E-state index in [0.717, 1.165) is 25.9 Å². The third kappa shape index (κ3) is 1.56. The van der Waals surface area contributed by atoms with E-state index in [-0.39, 0.29) is 5.54 Å². The Hall–Kier alpha value is -0.590. The molecular formula is C10H17N3.